The minimum atomic E-state index is -0.129. The van der Waals surface area contributed by atoms with E-state index in [0.29, 0.717) is 57.5 Å². The molecule has 0 unspecified atom stereocenters. The van der Waals surface area contributed by atoms with Gasteiger partial charge in [0.05, 0.1) is 35.0 Å². The van der Waals surface area contributed by atoms with Crippen LogP contribution in [0.1, 0.15) is 48.9 Å². The summed E-state index contributed by atoms with van der Waals surface area (Å²) in [7, 11) is 3.32. The number of carbonyl (C=O) groups excluding carboxylic acids is 1. The molecule has 1 N–H and O–H groups in total. The van der Waals surface area contributed by atoms with E-state index in [1.54, 1.807) is 40.8 Å². The summed E-state index contributed by atoms with van der Waals surface area (Å²) in [5.74, 6) is 1.79. The fraction of sp³-hybridized carbons (Fsp3) is 0.300. The topological polar surface area (TPSA) is 111 Å². The van der Waals surface area contributed by atoms with Crippen molar-refractivity contribution >= 4 is 34.4 Å². The van der Waals surface area contributed by atoms with E-state index in [0.717, 1.165) is 56.4 Å². The van der Waals surface area contributed by atoms with Gasteiger partial charge in [-0.3, -0.25) is 19.1 Å². The van der Waals surface area contributed by atoms with Crippen LogP contribution in [0.5, 0.6) is 17.2 Å². The molecule has 0 spiro atoms. The van der Waals surface area contributed by atoms with Gasteiger partial charge in [0.2, 0.25) is 0 Å². The number of rotatable bonds is 9. The zero-order valence-electron chi connectivity index (χ0n) is 29.0. The molecule has 1 amide bonds. The van der Waals surface area contributed by atoms with Crippen LogP contribution >= 0.6 is 0 Å². The zero-order valence-corrected chi connectivity index (χ0v) is 29.0. The quantitative estimate of drug-likeness (QED) is 0.101. The molecule has 262 valence electrons. The molecular formula is C40H42N6O5. The molecule has 7 rings (SSSR count). The second-order valence-electron chi connectivity index (χ2n) is 12.8. The molecule has 11 heteroatoms. The lowest BCUT2D eigenvalue weighted by Crippen LogP contribution is -2.29. The molecule has 1 aromatic heterocycles. The van der Waals surface area contributed by atoms with E-state index in [2.05, 4.69) is 21.4 Å². The molecule has 2 aliphatic heterocycles. The maximum Gasteiger partial charge on any atom is 0.266 e. The number of methoxy groups -OCH3 is 1. The number of amides is 1. The normalized spacial score (nSPS) is 15.1. The smallest absolute Gasteiger partial charge is 0.266 e. The molecule has 11 nitrogen and oxygen atoms in total. The summed E-state index contributed by atoms with van der Waals surface area (Å²) in [6.45, 7) is 2.67. The van der Waals surface area contributed by atoms with Crippen LogP contribution in [0.4, 0.5) is 11.4 Å². The summed E-state index contributed by atoms with van der Waals surface area (Å²) >= 11 is 0. The van der Waals surface area contributed by atoms with Gasteiger partial charge in [-0.15, -0.1) is 5.48 Å². The first-order chi connectivity index (χ1) is 25.0. The van der Waals surface area contributed by atoms with E-state index in [1.807, 2.05) is 60.8 Å². The SMILES string of the molecule is COc1cc2c(cc1ONCOc1ccc(-n3c(-c4ccccc4)nc4ccc(N5CCCCC5)cc4c3=O)cc1)N=CCCCCN(C)C2=O. The van der Waals surface area contributed by atoms with Crippen LogP contribution in [0.2, 0.25) is 0 Å². The number of anilines is 1. The lowest BCUT2D eigenvalue weighted by molar-refractivity contribution is 0.0792. The van der Waals surface area contributed by atoms with Crippen molar-refractivity contribution in [1.29, 1.82) is 0 Å². The van der Waals surface area contributed by atoms with E-state index in [9.17, 15) is 9.59 Å². The van der Waals surface area contributed by atoms with E-state index >= 15 is 0 Å². The van der Waals surface area contributed by atoms with Crippen LogP contribution in [-0.2, 0) is 0 Å². The largest absolute Gasteiger partial charge is 0.493 e. The third kappa shape index (κ3) is 7.44. The Kier molecular flexibility index (Phi) is 10.3. The standard InChI is InChI=1S/C40H42N6O5/c1-44-21-9-4-8-20-41-35-26-37(36(49-2)25-33(35)39(44)47)51-42-27-50-31-17-14-29(15-18-31)46-38(28-12-6-3-7-13-28)43-34-19-16-30(24-32(34)40(46)48)45-22-10-5-11-23-45/h3,6-7,12-20,24-26,42H,4-5,8-11,21-23,27H2,1-2H3. The van der Waals surface area contributed by atoms with Crippen molar-refractivity contribution in [2.75, 3.05) is 45.4 Å². The van der Waals surface area contributed by atoms with Crippen LogP contribution in [0.15, 0.2) is 94.7 Å². The zero-order chi connectivity index (χ0) is 35.2. The average molecular weight is 687 g/mol. The molecule has 1 saturated heterocycles. The highest BCUT2D eigenvalue weighted by Crippen LogP contribution is 2.36. The molecule has 0 saturated carbocycles. The van der Waals surface area contributed by atoms with Gasteiger partial charge in [-0.2, -0.15) is 0 Å². The number of fused-ring (bicyclic) bond motifs is 2. The first-order valence-electron chi connectivity index (χ1n) is 17.5. The highest BCUT2D eigenvalue weighted by Gasteiger charge is 2.21. The van der Waals surface area contributed by atoms with Crippen LogP contribution in [-0.4, -0.2) is 67.1 Å². The number of aliphatic imine (C=N–C) groups is 1. The van der Waals surface area contributed by atoms with Gasteiger partial charge < -0.3 is 24.1 Å². The minimum Gasteiger partial charge on any atom is -0.493 e. The summed E-state index contributed by atoms with van der Waals surface area (Å²) in [4.78, 5) is 46.8. The van der Waals surface area contributed by atoms with Gasteiger partial charge in [-0.05, 0) is 87.1 Å². The first-order valence-corrected chi connectivity index (χ1v) is 17.5. The Labute approximate surface area is 297 Å². The van der Waals surface area contributed by atoms with Crippen molar-refractivity contribution in [3.05, 3.63) is 101 Å². The Bertz CT molecular complexity index is 2090. The van der Waals surface area contributed by atoms with Gasteiger partial charge in [0.15, 0.2) is 18.2 Å². The first kappa shape index (κ1) is 33.8. The lowest BCUT2D eigenvalue weighted by atomic mass is 10.1. The maximum absolute atomic E-state index is 14.2. The summed E-state index contributed by atoms with van der Waals surface area (Å²) in [6, 6.07) is 26.4. The van der Waals surface area contributed by atoms with Crippen LogP contribution < -0.4 is 30.3 Å². The average Bonchev–Trinajstić information content (AvgIpc) is 3.18. The van der Waals surface area contributed by atoms with Crippen molar-refractivity contribution in [2.45, 2.75) is 38.5 Å². The second-order valence-corrected chi connectivity index (χ2v) is 12.8. The summed E-state index contributed by atoms with van der Waals surface area (Å²) < 4.78 is 13.1. The van der Waals surface area contributed by atoms with Crippen LogP contribution in [0.25, 0.3) is 28.0 Å². The predicted molar refractivity (Wildman–Crippen MR) is 200 cm³/mol. The second kappa shape index (κ2) is 15.5. The number of hydrogen-bond acceptors (Lipinski definition) is 9. The van der Waals surface area contributed by atoms with Gasteiger partial charge in [-0.1, -0.05) is 30.3 Å². The number of nitrogens with zero attached hydrogens (tertiary/aromatic N) is 5. The van der Waals surface area contributed by atoms with E-state index in [4.69, 9.17) is 19.3 Å². The van der Waals surface area contributed by atoms with Gasteiger partial charge in [0, 0.05) is 50.2 Å². The third-order valence-corrected chi connectivity index (χ3v) is 9.35. The Morgan fingerprint density at radius 3 is 2.35 bits per heavy atom. The number of piperidine rings is 1. The van der Waals surface area contributed by atoms with Crippen molar-refractivity contribution in [3.8, 4) is 34.3 Å². The molecule has 5 aromatic rings. The van der Waals surface area contributed by atoms with Crippen molar-refractivity contribution in [1.82, 2.24) is 19.9 Å². The summed E-state index contributed by atoms with van der Waals surface area (Å²) in [5, 5.41) is 0.580. The number of ether oxygens (including phenoxy) is 2. The monoisotopic (exact) mass is 686 g/mol. The van der Waals surface area contributed by atoms with Crippen molar-refractivity contribution < 1.29 is 19.1 Å². The fourth-order valence-corrected chi connectivity index (χ4v) is 6.58. The number of benzene rings is 4. The molecule has 0 aliphatic carbocycles. The molecule has 51 heavy (non-hydrogen) atoms. The van der Waals surface area contributed by atoms with Crippen molar-refractivity contribution in [2.24, 2.45) is 4.99 Å². The van der Waals surface area contributed by atoms with Gasteiger partial charge in [0.25, 0.3) is 11.5 Å². The Balaban J connectivity index is 1.10. The Morgan fingerprint density at radius 1 is 0.804 bits per heavy atom. The summed E-state index contributed by atoms with van der Waals surface area (Å²) in [5.41, 5.74) is 6.89. The van der Waals surface area contributed by atoms with Crippen LogP contribution in [0, 0.1) is 0 Å². The van der Waals surface area contributed by atoms with Gasteiger partial charge in [-0.25, -0.2) is 4.98 Å². The summed E-state index contributed by atoms with van der Waals surface area (Å²) in [6.07, 6.45) is 8.09. The van der Waals surface area contributed by atoms with Gasteiger partial charge >= 0.3 is 0 Å². The highest BCUT2D eigenvalue weighted by atomic mass is 16.7. The Morgan fingerprint density at radius 2 is 1.57 bits per heavy atom. The van der Waals surface area contributed by atoms with Crippen LogP contribution in [0.3, 0.4) is 0 Å². The molecule has 0 bridgehead atoms. The van der Waals surface area contributed by atoms with E-state index in [1.165, 1.54) is 13.5 Å². The molecular weight excluding hydrogens is 644 g/mol. The number of hydrogen-bond donors (Lipinski definition) is 1. The number of nitrogens with one attached hydrogen (secondary N) is 1. The number of hydroxylamine groups is 1. The minimum absolute atomic E-state index is 0.0105. The van der Waals surface area contributed by atoms with Crippen molar-refractivity contribution in [3.63, 3.8) is 0 Å². The molecule has 2 aliphatic rings. The predicted octanol–water partition coefficient (Wildman–Crippen LogP) is 6.93. The molecule has 3 heterocycles. The molecule has 1 fully saturated rings. The van der Waals surface area contributed by atoms with Gasteiger partial charge in [0.1, 0.15) is 11.6 Å². The van der Waals surface area contributed by atoms with E-state index in [-0.39, 0.29) is 18.2 Å². The lowest BCUT2D eigenvalue weighted by Gasteiger charge is -2.29. The molecule has 0 radical (unpaired) electrons. The molecule has 0 atom stereocenters. The molecule has 4 aromatic carbocycles. The number of aromatic nitrogens is 2. The maximum atomic E-state index is 14.2. The number of carbonyl (C=O) groups is 1. The fourth-order valence-electron chi connectivity index (χ4n) is 6.58. The Hall–Kier alpha value is -5.68. The third-order valence-electron chi connectivity index (χ3n) is 9.35. The van der Waals surface area contributed by atoms with E-state index < -0.39 is 0 Å². The highest BCUT2D eigenvalue weighted by molar-refractivity contribution is 6.00.